The smallest absolute Gasteiger partial charge is 0.0921 e. The van der Waals surface area contributed by atoms with Gasteiger partial charge < -0.3 is 14.9 Å². The van der Waals surface area contributed by atoms with Gasteiger partial charge in [-0.2, -0.15) is 0 Å². The van der Waals surface area contributed by atoms with Gasteiger partial charge in [0.1, 0.15) is 0 Å². The lowest BCUT2D eigenvalue weighted by atomic mass is 10.1. The Labute approximate surface area is 128 Å². The molecule has 4 nitrogen and oxygen atoms in total. The van der Waals surface area contributed by atoms with Gasteiger partial charge in [-0.05, 0) is 23.8 Å². The van der Waals surface area contributed by atoms with E-state index in [1.807, 2.05) is 12.3 Å². The number of aromatic nitrogens is 3. The van der Waals surface area contributed by atoms with Crippen LogP contribution in [0.25, 0.3) is 10.9 Å². The molecule has 2 aromatic heterocycles. The van der Waals surface area contributed by atoms with Crippen molar-refractivity contribution in [2.75, 3.05) is 6.54 Å². The summed E-state index contributed by atoms with van der Waals surface area (Å²) in [6, 6.07) is 6.22. The van der Waals surface area contributed by atoms with Crippen molar-refractivity contribution in [2.24, 2.45) is 0 Å². The van der Waals surface area contributed by atoms with E-state index in [0.29, 0.717) is 0 Å². The maximum Gasteiger partial charge on any atom is 0.0921 e. The molecule has 2 N–H and O–H groups in total. The molecule has 3 heterocycles. The van der Waals surface area contributed by atoms with Crippen LogP contribution < -0.4 is 5.32 Å². The van der Waals surface area contributed by atoms with Gasteiger partial charge in [-0.3, -0.25) is 0 Å². The molecule has 0 saturated carbocycles. The fourth-order valence-corrected chi connectivity index (χ4v) is 3.43. The summed E-state index contributed by atoms with van der Waals surface area (Å²) in [6.45, 7) is 2.94. The molecule has 1 aromatic carbocycles. The number of fused-ring (bicyclic) bond motifs is 3. The lowest BCUT2D eigenvalue weighted by molar-refractivity contribution is 0.593. The van der Waals surface area contributed by atoms with E-state index in [-0.39, 0.29) is 0 Å². The summed E-state index contributed by atoms with van der Waals surface area (Å²) in [5.74, 6) is 0. The summed E-state index contributed by atoms with van der Waals surface area (Å²) in [5.41, 5.74) is 5.31. The normalized spacial score (nSPS) is 14.5. The van der Waals surface area contributed by atoms with Crippen LogP contribution in [-0.2, 0) is 25.9 Å². The zero-order valence-electron chi connectivity index (χ0n) is 11.7. The number of nitrogens with zero attached hydrogens (tertiary/aromatic N) is 2. The molecule has 1 aliphatic heterocycles. The van der Waals surface area contributed by atoms with E-state index in [0.717, 1.165) is 37.5 Å². The van der Waals surface area contributed by atoms with Gasteiger partial charge in [-0.1, -0.05) is 11.6 Å². The van der Waals surface area contributed by atoms with Crippen LogP contribution in [0, 0.1) is 0 Å². The molecule has 3 aromatic rings. The molecule has 0 amide bonds. The largest absolute Gasteiger partial charge is 0.348 e. The second-order valence-corrected chi connectivity index (χ2v) is 5.93. The van der Waals surface area contributed by atoms with Crippen LogP contribution in [0.5, 0.6) is 0 Å². The third kappa shape index (κ3) is 2.24. The molecule has 108 valence electrons. The Morgan fingerprint density at radius 3 is 3.14 bits per heavy atom. The van der Waals surface area contributed by atoms with Crippen molar-refractivity contribution in [1.82, 2.24) is 19.9 Å². The molecule has 0 saturated heterocycles. The fraction of sp³-hybridized carbons (Fsp3) is 0.312. The van der Waals surface area contributed by atoms with Crippen molar-refractivity contribution in [1.29, 1.82) is 0 Å². The van der Waals surface area contributed by atoms with E-state index >= 15 is 0 Å². The van der Waals surface area contributed by atoms with E-state index in [1.54, 1.807) is 6.33 Å². The number of benzene rings is 1. The van der Waals surface area contributed by atoms with E-state index in [1.165, 1.54) is 27.9 Å². The van der Waals surface area contributed by atoms with Gasteiger partial charge in [0.25, 0.3) is 0 Å². The van der Waals surface area contributed by atoms with Gasteiger partial charge in [0.05, 0.1) is 6.33 Å². The molecule has 0 fully saturated rings. The van der Waals surface area contributed by atoms with Crippen molar-refractivity contribution >= 4 is 22.5 Å². The van der Waals surface area contributed by atoms with Gasteiger partial charge in [0, 0.05) is 66.0 Å². The molecule has 0 bridgehead atoms. The Morgan fingerprint density at radius 1 is 1.33 bits per heavy atom. The van der Waals surface area contributed by atoms with Crippen molar-refractivity contribution in [2.45, 2.75) is 25.9 Å². The minimum atomic E-state index is 0.807. The Bertz CT molecular complexity index is 773. The van der Waals surface area contributed by atoms with E-state index < -0.39 is 0 Å². The molecule has 1 aliphatic rings. The second kappa shape index (κ2) is 5.20. The summed E-state index contributed by atoms with van der Waals surface area (Å²) in [6.07, 6.45) is 5.68. The van der Waals surface area contributed by atoms with Gasteiger partial charge in [-0.15, -0.1) is 0 Å². The van der Waals surface area contributed by atoms with Crippen LogP contribution in [0.1, 0.15) is 17.0 Å². The lowest BCUT2D eigenvalue weighted by Crippen LogP contribution is -2.24. The van der Waals surface area contributed by atoms with Crippen molar-refractivity contribution in [3.05, 3.63) is 52.7 Å². The van der Waals surface area contributed by atoms with Crippen molar-refractivity contribution < 1.29 is 0 Å². The number of halogens is 1. The highest BCUT2D eigenvalue weighted by Gasteiger charge is 2.19. The molecule has 0 aliphatic carbocycles. The van der Waals surface area contributed by atoms with Crippen LogP contribution in [0.2, 0.25) is 5.02 Å². The zero-order valence-corrected chi connectivity index (χ0v) is 12.5. The average Bonchev–Trinajstić information content (AvgIpc) is 3.11. The number of nitrogens with one attached hydrogen (secondary N) is 2. The van der Waals surface area contributed by atoms with Gasteiger partial charge in [-0.25, -0.2) is 4.98 Å². The van der Waals surface area contributed by atoms with E-state index in [9.17, 15) is 0 Å². The van der Waals surface area contributed by atoms with Gasteiger partial charge >= 0.3 is 0 Å². The topological polar surface area (TPSA) is 45.6 Å². The van der Waals surface area contributed by atoms with Crippen LogP contribution >= 0.6 is 11.6 Å². The quantitative estimate of drug-likeness (QED) is 0.781. The maximum atomic E-state index is 6.19. The summed E-state index contributed by atoms with van der Waals surface area (Å²) < 4.78 is 2.45. The van der Waals surface area contributed by atoms with Gasteiger partial charge in [0.2, 0.25) is 0 Å². The molecule has 0 atom stereocenters. The van der Waals surface area contributed by atoms with E-state index in [4.69, 9.17) is 11.6 Å². The first-order valence-corrected chi connectivity index (χ1v) is 7.68. The van der Waals surface area contributed by atoms with Crippen LogP contribution in [-0.4, -0.2) is 21.1 Å². The Kier molecular flexibility index (Phi) is 3.20. The molecular weight excluding hydrogens is 284 g/mol. The minimum Gasteiger partial charge on any atom is -0.348 e. The Hall–Kier alpha value is -1.78. The average molecular weight is 301 g/mol. The SMILES string of the molecule is Clc1ccc2c(c1)c1c(n2CCc2cnc[nH]2)CCNC1. The summed E-state index contributed by atoms with van der Waals surface area (Å²) in [7, 11) is 0. The molecule has 21 heavy (non-hydrogen) atoms. The van der Waals surface area contributed by atoms with Gasteiger partial charge in [0.15, 0.2) is 0 Å². The summed E-state index contributed by atoms with van der Waals surface area (Å²) in [4.78, 5) is 7.27. The Morgan fingerprint density at radius 2 is 2.29 bits per heavy atom. The number of H-pyrrole nitrogens is 1. The predicted molar refractivity (Wildman–Crippen MR) is 84.7 cm³/mol. The van der Waals surface area contributed by atoms with Crippen molar-refractivity contribution in [3.8, 4) is 0 Å². The molecule has 5 heteroatoms. The predicted octanol–water partition coefficient (Wildman–Crippen LogP) is 2.91. The summed E-state index contributed by atoms with van der Waals surface area (Å²) in [5, 5.41) is 5.56. The highest BCUT2D eigenvalue weighted by atomic mass is 35.5. The Balaban J connectivity index is 1.79. The van der Waals surface area contributed by atoms with Crippen LogP contribution in [0.3, 0.4) is 0 Å². The first-order chi connectivity index (χ1) is 10.3. The summed E-state index contributed by atoms with van der Waals surface area (Å²) >= 11 is 6.19. The molecule has 4 rings (SSSR count). The number of imidazole rings is 1. The second-order valence-electron chi connectivity index (χ2n) is 5.49. The fourth-order valence-electron chi connectivity index (χ4n) is 3.26. The number of aryl methyl sites for hydroxylation is 2. The third-order valence-electron chi connectivity index (χ3n) is 4.25. The number of hydrogen-bond acceptors (Lipinski definition) is 2. The van der Waals surface area contributed by atoms with Crippen LogP contribution in [0.15, 0.2) is 30.7 Å². The van der Waals surface area contributed by atoms with E-state index in [2.05, 4.69) is 32.0 Å². The standard InChI is InChI=1S/C16H17ClN4/c17-11-1-2-15-13(7-11)14-9-18-5-3-16(14)21(15)6-4-12-8-19-10-20-12/h1-2,7-8,10,18H,3-6,9H2,(H,19,20). The van der Waals surface area contributed by atoms with Crippen LogP contribution in [0.4, 0.5) is 0 Å². The minimum absolute atomic E-state index is 0.807. The third-order valence-corrected chi connectivity index (χ3v) is 4.48. The highest BCUT2D eigenvalue weighted by Crippen LogP contribution is 2.30. The first-order valence-electron chi connectivity index (χ1n) is 7.30. The maximum absolute atomic E-state index is 6.19. The molecule has 0 unspecified atom stereocenters. The number of hydrogen-bond donors (Lipinski definition) is 2. The first kappa shape index (κ1) is 12.9. The lowest BCUT2D eigenvalue weighted by Gasteiger charge is -2.17. The molecular formula is C16H17ClN4. The monoisotopic (exact) mass is 300 g/mol. The zero-order chi connectivity index (χ0) is 14.2. The highest BCUT2D eigenvalue weighted by molar-refractivity contribution is 6.31. The van der Waals surface area contributed by atoms with Crippen molar-refractivity contribution in [3.63, 3.8) is 0 Å². The number of aromatic amines is 1. The molecule has 0 radical (unpaired) electrons. The molecule has 0 spiro atoms. The number of rotatable bonds is 3.